The number of phenols is 2. The van der Waals surface area contributed by atoms with Gasteiger partial charge in [0.25, 0.3) is 0 Å². The zero-order valence-corrected chi connectivity index (χ0v) is 16.5. The van der Waals surface area contributed by atoms with E-state index in [-0.39, 0.29) is 17.4 Å². The van der Waals surface area contributed by atoms with Gasteiger partial charge in [-0.25, -0.2) is 0 Å². The molecular weight excluding hydrogens is 340 g/mol. The number of rotatable bonds is 6. The molecule has 5 heteroatoms. The number of benzene rings is 2. The SMILES string of the molecule is Cc1c(O)cc(C(C)C)c(-c2ccccc2O)c1OCCN1CCNCC1. The topological polar surface area (TPSA) is 65.0 Å². The maximum absolute atomic E-state index is 10.5. The largest absolute Gasteiger partial charge is 0.508 e. The quantitative estimate of drug-likeness (QED) is 0.727. The van der Waals surface area contributed by atoms with Crippen LogP contribution in [0.1, 0.15) is 30.9 Å². The van der Waals surface area contributed by atoms with Gasteiger partial charge in [0.05, 0.1) is 0 Å². The van der Waals surface area contributed by atoms with E-state index in [9.17, 15) is 10.2 Å². The molecule has 3 rings (SSSR count). The van der Waals surface area contributed by atoms with Crippen molar-refractivity contribution in [2.24, 2.45) is 0 Å². The summed E-state index contributed by atoms with van der Waals surface area (Å²) in [7, 11) is 0. The summed E-state index contributed by atoms with van der Waals surface area (Å²) in [6.45, 7) is 11.5. The number of nitrogens with one attached hydrogen (secondary N) is 1. The van der Waals surface area contributed by atoms with E-state index >= 15 is 0 Å². The molecule has 0 amide bonds. The van der Waals surface area contributed by atoms with Gasteiger partial charge in [-0.2, -0.15) is 0 Å². The predicted molar refractivity (Wildman–Crippen MR) is 109 cm³/mol. The van der Waals surface area contributed by atoms with Gasteiger partial charge < -0.3 is 20.3 Å². The second kappa shape index (κ2) is 8.63. The standard InChI is InChI=1S/C22H30N2O3/c1-15(2)18-14-20(26)16(3)22(21(18)17-6-4-5-7-19(17)25)27-13-12-24-10-8-23-9-11-24/h4-7,14-15,23,25-26H,8-13H2,1-3H3. The number of hydrogen-bond donors (Lipinski definition) is 3. The zero-order valence-electron chi connectivity index (χ0n) is 16.5. The lowest BCUT2D eigenvalue weighted by atomic mass is 9.89. The van der Waals surface area contributed by atoms with Crippen LogP contribution >= 0.6 is 0 Å². The molecule has 0 atom stereocenters. The maximum atomic E-state index is 10.5. The Balaban J connectivity index is 1.96. The van der Waals surface area contributed by atoms with Crippen LogP contribution in [0.15, 0.2) is 30.3 Å². The van der Waals surface area contributed by atoms with Crippen LogP contribution in [0.4, 0.5) is 0 Å². The van der Waals surface area contributed by atoms with Crippen LogP contribution in [-0.4, -0.2) is 54.4 Å². The number of ether oxygens (including phenoxy) is 1. The van der Waals surface area contributed by atoms with Gasteiger partial charge in [0, 0.05) is 49.4 Å². The second-order valence-corrected chi connectivity index (χ2v) is 7.43. The van der Waals surface area contributed by atoms with Crippen molar-refractivity contribution in [1.29, 1.82) is 0 Å². The molecule has 0 aromatic heterocycles. The number of phenolic OH excluding ortho intramolecular Hbond substituents is 2. The third-order valence-corrected chi connectivity index (χ3v) is 5.19. The molecular formula is C22H30N2O3. The molecule has 0 radical (unpaired) electrons. The van der Waals surface area contributed by atoms with Gasteiger partial charge in [0.15, 0.2) is 0 Å². The van der Waals surface area contributed by atoms with Gasteiger partial charge in [-0.1, -0.05) is 32.0 Å². The first-order valence-corrected chi connectivity index (χ1v) is 9.69. The smallest absolute Gasteiger partial charge is 0.134 e. The molecule has 0 bridgehead atoms. The lowest BCUT2D eigenvalue weighted by Gasteiger charge is -2.28. The molecule has 0 unspecified atom stereocenters. The van der Waals surface area contributed by atoms with Gasteiger partial charge in [0.2, 0.25) is 0 Å². The highest BCUT2D eigenvalue weighted by molar-refractivity contribution is 5.81. The molecule has 1 heterocycles. The highest BCUT2D eigenvalue weighted by Gasteiger charge is 2.22. The van der Waals surface area contributed by atoms with Crippen molar-refractivity contribution in [2.75, 3.05) is 39.3 Å². The Labute approximate surface area is 161 Å². The minimum atomic E-state index is 0.182. The summed E-state index contributed by atoms with van der Waals surface area (Å²) in [6.07, 6.45) is 0. The Morgan fingerprint density at radius 2 is 1.81 bits per heavy atom. The van der Waals surface area contributed by atoms with Gasteiger partial charge in [-0.15, -0.1) is 0 Å². The van der Waals surface area contributed by atoms with E-state index in [4.69, 9.17) is 4.74 Å². The molecule has 1 fully saturated rings. The highest BCUT2D eigenvalue weighted by Crippen LogP contribution is 2.45. The molecule has 5 nitrogen and oxygen atoms in total. The van der Waals surface area contributed by atoms with Crippen molar-refractivity contribution in [3.05, 3.63) is 41.5 Å². The molecule has 0 saturated carbocycles. The van der Waals surface area contributed by atoms with Crippen molar-refractivity contribution in [3.63, 3.8) is 0 Å². The van der Waals surface area contributed by atoms with Gasteiger partial charge in [0.1, 0.15) is 23.9 Å². The first-order valence-electron chi connectivity index (χ1n) is 9.69. The molecule has 3 N–H and O–H groups in total. The molecule has 2 aromatic carbocycles. The summed E-state index contributed by atoms with van der Waals surface area (Å²) in [4.78, 5) is 2.37. The summed E-state index contributed by atoms with van der Waals surface area (Å²) < 4.78 is 6.22. The van der Waals surface area contributed by atoms with Crippen LogP contribution < -0.4 is 10.1 Å². The van der Waals surface area contributed by atoms with Crippen LogP contribution in [0.25, 0.3) is 11.1 Å². The Morgan fingerprint density at radius 3 is 2.48 bits per heavy atom. The number of aromatic hydroxyl groups is 2. The van der Waals surface area contributed by atoms with Gasteiger partial charge in [-0.3, -0.25) is 4.90 Å². The maximum Gasteiger partial charge on any atom is 0.134 e. The molecule has 1 aliphatic rings. The normalized spacial score (nSPS) is 15.3. The van der Waals surface area contributed by atoms with Gasteiger partial charge in [-0.05, 0) is 30.5 Å². The van der Waals surface area contributed by atoms with Crippen LogP contribution in [0.3, 0.4) is 0 Å². The Bertz CT molecular complexity index is 783. The predicted octanol–water partition coefficient (Wildman–Crippen LogP) is 3.48. The monoisotopic (exact) mass is 370 g/mol. The van der Waals surface area contributed by atoms with Gasteiger partial charge >= 0.3 is 0 Å². The summed E-state index contributed by atoms with van der Waals surface area (Å²) in [5.74, 6) is 1.29. The van der Waals surface area contributed by atoms with E-state index in [1.54, 1.807) is 12.1 Å². The number of para-hydroxylation sites is 1. The van der Waals surface area contributed by atoms with E-state index in [0.29, 0.717) is 17.9 Å². The Hall–Kier alpha value is -2.24. The molecule has 27 heavy (non-hydrogen) atoms. The summed E-state index contributed by atoms with van der Waals surface area (Å²) >= 11 is 0. The minimum Gasteiger partial charge on any atom is -0.508 e. The van der Waals surface area contributed by atoms with E-state index < -0.39 is 0 Å². The average Bonchev–Trinajstić information content (AvgIpc) is 2.66. The van der Waals surface area contributed by atoms with E-state index in [1.807, 2.05) is 25.1 Å². The lowest BCUT2D eigenvalue weighted by molar-refractivity contribution is 0.191. The number of hydrogen-bond acceptors (Lipinski definition) is 5. The highest BCUT2D eigenvalue weighted by atomic mass is 16.5. The average molecular weight is 370 g/mol. The third kappa shape index (κ3) is 4.37. The van der Waals surface area contributed by atoms with E-state index in [0.717, 1.165) is 49.4 Å². The first-order chi connectivity index (χ1) is 13.0. The first kappa shape index (κ1) is 19.5. The minimum absolute atomic E-state index is 0.182. The van der Waals surface area contributed by atoms with Crippen molar-refractivity contribution < 1.29 is 14.9 Å². The Kier molecular flexibility index (Phi) is 6.24. The van der Waals surface area contributed by atoms with E-state index in [2.05, 4.69) is 24.1 Å². The third-order valence-electron chi connectivity index (χ3n) is 5.19. The fourth-order valence-corrected chi connectivity index (χ4v) is 3.57. The molecule has 2 aromatic rings. The second-order valence-electron chi connectivity index (χ2n) is 7.43. The Morgan fingerprint density at radius 1 is 1.11 bits per heavy atom. The summed E-state index contributed by atoms with van der Waals surface area (Å²) in [5, 5.41) is 24.3. The van der Waals surface area contributed by atoms with E-state index in [1.165, 1.54) is 0 Å². The fraction of sp³-hybridized carbons (Fsp3) is 0.455. The molecule has 0 spiro atoms. The van der Waals surface area contributed by atoms with Crippen LogP contribution in [0.2, 0.25) is 0 Å². The molecule has 1 saturated heterocycles. The number of nitrogens with zero attached hydrogens (tertiary/aromatic N) is 1. The van der Waals surface area contributed by atoms with Crippen molar-refractivity contribution in [2.45, 2.75) is 26.7 Å². The molecule has 1 aliphatic heterocycles. The fourth-order valence-electron chi connectivity index (χ4n) is 3.57. The van der Waals surface area contributed by atoms with Crippen LogP contribution in [0.5, 0.6) is 17.2 Å². The van der Waals surface area contributed by atoms with Crippen LogP contribution in [-0.2, 0) is 0 Å². The number of piperazine rings is 1. The van der Waals surface area contributed by atoms with Crippen molar-refractivity contribution >= 4 is 0 Å². The van der Waals surface area contributed by atoms with Crippen molar-refractivity contribution in [3.8, 4) is 28.4 Å². The lowest BCUT2D eigenvalue weighted by Crippen LogP contribution is -2.44. The van der Waals surface area contributed by atoms with Crippen molar-refractivity contribution in [1.82, 2.24) is 10.2 Å². The molecule has 146 valence electrons. The van der Waals surface area contributed by atoms with Crippen LogP contribution in [0, 0.1) is 6.92 Å². The zero-order chi connectivity index (χ0) is 19.4. The molecule has 0 aliphatic carbocycles. The summed E-state index contributed by atoms with van der Waals surface area (Å²) in [5.41, 5.74) is 3.29. The summed E-state index contributed by atoms with van der Waals surface area (Å²) in [6, 6.07) is 9.10.